The van der Waals surface area contributed by atoms with Crippen molar-refractivity contribution in [3.63, 3.8) is 0 Å². The van der Waals surface area contributed by atoms with Crippen molar-refractivity contribution in [2.24, 2.45) is 0 Å². The summed E-state index contributed by atoms with van der Waals surface area (Å²) >= 11 is 1.43. The van der Waals surface area contributed by atoms with Crippen molar-refractivity contribution in [2.45, 2.75) is 45.3 Å². The molecule has 0 saturated carbocycles. The van der Waals surface area contributed by atoms with Crippen LogP contribution in [0.3, 0.4) is 0 Å². The Balaban J connectivity index is 3.77. The number of thioether (sulfide) groups is 1. The van der Waals surface area contributed by atoms with E-state index in [0.717, 1.165) is 25.3 Å². The summed E-state index contributed by atoms with van der Waals surface area (Å²) in [6, 6.07) is 0. The summed E-state index contributed by atoms with van der Waals surface area (Å²) in [4.78, 5) is 24.2. The summed E-state index contributed by atoms with van der Waals surface area (Å²) in [5.74, 6) is 0.143. The average molecular weight is 261 g/mol. The van der Waals surface area contributed by atoms with Gasteiger partial charge in [0.1, 0.15) is 5.25 Å². The van der Waals surface area contributed by atoms with E-state index in [9.17, 15) is 9.59 Å². The van der Waals surface area contributed by atoms with E-state index in [1.807, 2.05) is 20.8 Å². The molecule has 0 spiro atoms. The molecule has 4 nitrogen and oxygen atoms in total. The molecule has 0 aromatic heterocycles. The van der Waals surface area contributed by atoms with Gasteiger partial charge in [0.05, 0.1) is 0 Å². The van der Waals surface area contributed by atoms with Crippen LogP contribution in [-0.4, -0.2) is 46.0 Å². The fourth-order valence-electron chi connectivity index (χ4n) is 1.55. The fourth-order valence-corrected chi connectivity index (χ4v) is 2.52. The number of hydrogen-bond donors (Lipinski definition) is 1. The Morgan fingerprint density at radius 3 is 2.24 bits per heavy atom. The molecule has 0 aliphatic carbocycles. The predicted octanol–water partition coefficient (Wildman–Crippen LogP) is 2.23. The highest BCUT2D eigenvalue weighted by Crippen LogP contribution is 2.16. The molecule has 0 aromatic rings. The molecule has 0 radical (unpaired) electrons. The van der Waals surface area contributed by atoms with E-state index in [2.05, 4.69) is 0 Å². The van der Waals surface area contributed by atoms with E-state index < -0.39 is 5.97 Å². The summed E-state index contributed by atoms with van der Waals surface area (Å²) in [6.07, 6.45) is 1.90. The quantitative estimate of drug-likeness (QED) is 0.647. The van der Waals surface area contributed by atoms with Gasteiger partial charge in [-0.15, -0.1) is 11.8 Å². The third-order valence-corrected chi connectivity index (χ3v) is 4.08. The monoisotopic (exact) mass is 261 g/mol. The molecular formula is C12H23NO3S. The lowest BCUT2D eigenvalue weighted by molar-refractivity contribution is -0.136. The highest BCUT2D eigenvalue weighted by Gasteiger charge is 2.15. The Morgan fingerprint density at radius 2 is 1.82 bits per heavy atom. The standard InChI is InChI=1S/C12H23NO3S/c1-4-10(12(15)16)17-9-7-8-11(14)13(5-2)6-3/h10H,4-9H2,1-3H3,(H,15,16). The highest BCUT2D eigenvalue weighted by molar-refractivity contribution is 8.00. The van der Waals surface area contributed by atoms with Crippen LogP contribution in [0.1, 0.15) is 40.0 Å². The van der Waals surface area contributed by atoms with Gasteiger partial charge in [0, 0.05) is 19.5 Å². The van der Waals surface area contributed by atoms with Crippen LogP contribution in [0.4, 0.5) is 0 Å². The molecule has 5 heteroatoms. The van der Waals surface area contributed by atoms with E-state index in [1.165, 1.54) is 11.8 Å². The van der Waals surface area contributed by atoms with Gasteiger partial charge in [-0.25, -0.2) is 0 Å². The van der Waals surface area contributed by atoms with Crippen LogP contribution in [0.2, 0.25) is 0 Å². The number of nitrogens with zero attached hydrogens (tertiary/aromatic N) is 1. The van der Waals surface area contributed by atoms with Gasteiger partial charge in [-0.1, -0.05) is 6.92 Å². The lowest BCUT2D eigenvalue weighted by Crippen LogP contribution is -2.30. The smallest absolute Gasteiger partial charge is 0.316 e. The normalized spacial score (nSPS) is 12.2. The lowest BCUT2D eigenvalue weighted by Gasteiger charge is -2.18. The molecule has 0 aromatic carbocycles. The minimum absolute atomic E-state index is 0.166. The lowest BCUT2D eigenvalue weighted by atomic mass is 10.3. The zero-order chi connectivity index (χ0) is 13.3. The fraction of sp³-hybridized carbons (Fsp3) is 0.833. The Bertz CT molecular complexity index is 242. The number of aliphatic carboxylic acids is 1. The van der Waals surface area contributed by atoms with E-state index in [4.69, 9.17) is 5.11 Å². The number of carbonyl (C=O) groups is 2. The molecule has 1 N–H and O–H groups in total. The third kappa shape index (κ3) is 6.56. The van der Waals surface area contributed by atoms with Crippen LogP contribution >= 0.6 is 11.8 Å². The highest BCUT2D eigenvalue weighted by atomic mass is 32.2. The van der Waals surface area contributed by atoms with E-state index in [0.29, 0.717) is 12.8 Å². The van der Waals surface area contributed by atoms with Crippen LogP contribution in [0.15, 0.2) is 0 Å². The summed E-state index contributed by atoms with van der Waals surface area (Å²) in [7, 11) is 0. The number of carboxylic acids is 1. The van der Waals surface area contributed by atoms with Gasteiger partial charge in [0.25, 0.3) is 0 Å². The number of hydrogen-bond acceptors (Lipinski definition) is 3. The maximum Gasteiger partial charge on any atom is 0.316 e. The predicted molar refractivity (Wildman–Crippen MR) is 71.3 cm³/mol. The molecule has 0 aliphatic heterocycles. The summed E-state index contributed by atoms with van der Waals surface area (Å²) < 4.78 is 0. The minimum Gasteiger partial charge on any atom is -0.480 e. The minimum atomic E-state index is -0.757. The zero-order valence-corrected chi connectivity index (χ0v) is 11.8. The van der Waals surface area contributed by atoms with Gasteiger partial charge >= 0.3 is 5.97 Å². The summed E-state index contributed by atoms with van der Waals surface area (Å²) in [6.45, 7) is 7.29. The second-order valence-electron chi connectivity index (χ2n) is 3.78. The maximum atomic E-state index is 11.7. The molecular weight excluding hydrogens is 238 g/mol. The maximum absolute atomic E-state index is 11.7. The summed E-state index contributed by atoms with van der Waals surface area (Å²) in [5.41, 5.74) is 0. The van der Waals surface area contributed by atoms with Gasteiger partial charge in [-0.3, -0.25) is 9.59 Å². The van der Waals surface area contributed by atoms with E-state index >= 15 is 0 Å². The van der Waals surface area contributed by atoms with Crippen molar-refractivity contribution in [3.8, 4) is 0 Å². The number of amides is 1. The van der Waals surface area contributed by atoms with Crippen LogP contribution in [-0.2, 0) is 9.59 Å². The van der Waals surface area contributed by atoms with Crippen molar-refractivity contribution in [1.82, 2.24) is 4.90 Å². The number of rotatable bonds is 9. The first-order valence-corrected chi connectivity index (χ1v) is 7.23. The van der Waals surface area contributed by atoms with E-state index in [1.54, 1.807) is 4.90 Å². The number of carboxylic acid groups (broad SMARTS) is 1. The second kappa shape index (κ2) is 9.33. The van der Waals surface area contributed by atoms with Crippen LogP contribution in [0.5, 0.6) is 0 Å². The molecule has 0 heterocycles. The molecule has 0 saturated heterocycles. The van der Waals surface area contributed by atoms with Crippen molar-refractivity contribution in [2.75, 3.05) is 18.8 Å². The SMILES string of the molecule is CCC(SCCCC(=O)N(CC)CC)C(=O)O. The molecule has 1 atom stereocenters. The average Bonchev–Trinajstić information content (AvgIpc) is 2.30. The van der Waals surface area contributed by atoms with Gasteiger partial charge in [0.2, 0.25) is 5.91 Å². The molecule has 100 valence electrons. The first-order valence-electron chi connectivity index (χ1n) is 6.18. The Labute approximate surface area is 108 Å². The van der Waals surface area contributed by atoms with Gasteiger partial charge in [0.15, 0.2) is 0 Å². The molecule has 0 fully saturated rings. The summed E-state index contributed by atoms with van der Waals surface area (Å²) in [5, 5.41) is 8.52. The molecule has 0 aliphatic rings. The Kier molecular flexibility index (Phi) is 8.94. The Morgan fingerprint density at radius 1 is 1.24 bits per heavy atom. The topological polar surface area (TPSA) is 57.6 Å². The second-order valence-corrected chi connectivity index (χ2v) is 5.09. The number of carbonyl (C=O) groups excluding carboxylic acids is 1. The largest absolute Gasteiger partial charge is 0.480 e. The van der Waals surface area contributed by atoms with Crippen molar-refractivity contribution in [1.29, 1.82) is 0 Å². The Hall–Kier alpha value is -0.710. The zero-order valence-electron chi connectivity index (χ0n) is 10.9. The van der Waals surface area contributed by atoms with Crippen LogP contribution < -0.4 is 0 Å². The third-order valence-electron chi connectivity index (χ3n) is 2.62. The molecule has 1 amide bonds. The van der Waals surface area contributed by atoms with Gasteiger partial charge in [-0.2, -0.15) is 0 Å². The van der Waals surface area contributed by atoms with Crippen molar-refractivity contribution < 1.29 is 14.7 Å². The first-order chi connectivity index (χ1) is 8.06. The van der Waals surface area contributed by atoms with E-state index in [-0.39, 0.29) is 11.2 Å². The van der Waals surface area contributed by atoms with Crippen LogP contribution in [0, 0.1) is 0 Å². The van der Waals surface area contributed by atoms with Gasteiger partial charge in [-0.05, 0) is 32.4 Å². The van der Waals surface area contributed by atoms with Crippen molar-refractivity contribution >= 4 is 23.6 Å². The molecule has 0 rings (SSSR count). The molecule has 1 unspecified atom stereocenters. The molecule has 17 heavy (non-hydrogen) atoms. The molecule has 0 bridgehead atoms. The van der Waals surface area contributed by atoms with Crippen molar-refractivity contribution in [3.05, 3.63) is 0 Å². The van der Waals surface area contributed by atoms with Crippen LogP contribution in [0.25, 0.3) is 0 Å². The van der Waals surface area contributed by atoms with Gasteiger partial charge < -0.3 is 10.0 Å². The first kappa shape index (κ1) is 16.3.